The molecule has 148 valence electrons. The van der Waals surface area contributed by atoms with Crippen LogP contribution in [0.1, 0.15) is 55.5 Å². The lowest BCUT2D eigenvalue weighted by atomic mass is 10.1. The maximum absolute atomic E-state index is 12.4. The van der Waals surface area contributed by atoms with Crippen molar-refractivity contribution in [2.45, 2.75) is 52.2 Å². The van der Waals surface area contributed by atoms with Crippen molar-refractivity contribution in [2.75, 3.05) is 5.32 Å². The Kier molecular flexibility index (Phi) is 6.69. The Balaban J connectivity index is 1.48. The first-order valence-corrected chi connectivity index (χ1v) is 9.96. The lowest BCUT2D eigenvalue weighted by Gasteiger charge is -2.13. The second-order valence-corrected chi connectivity index (χ2v) is 7.57. The number of benzene rings is 2. The minimum absolute atomic E-state index is 0.0126. The first-order chi connectivity index (χ1) is 13.5. The number of ether oxygens (including phenoxy) is 1. The van der Waals surface area contributed by atoms with Gasteiger partial charge in [0.05, 0.1) is 6.10 Å². The van der Waals surface area contributed by atoms with Crippen LogP contribution in [0.2, 0.25) is 0 Å². The minimum atomic E-state index is -0.121. The van der Waals surface area contributed by atoms with Gasteiger partial charge in [-0.05, 0) is 67.6 Å². The van der Waals surface area contributed by atoms with Gasteiger partial charge in [-0.1, -0.05) is 26.0 Å². The number of rotatable bonds is 7. The third-order valence-corrected chi connectivity index (χ3v) is 4.92. The van der Waals surface area contributed by atoms with E-state index >= 15 is 0 Å². The molecule has 0 heterocycles. The fraction of sp³-hybridized carbons (Fsp3) is 0.391. The van der Waals surface area contributed by atoms with Gasteiger partial charge in [0.25, 0.3) is 5.91 Å². The molecular weight excluding hydrogens is 352 g/mol. The monoisotopic (exact) mass is 380 g/mol. The fourth-order valence-electron chi connectivity index (χ4n) is 3.16. The molecule has 2 aromatic carbocycles. The van der Waals surface area contributed by atoms with Gasteiger partial charge >= 0.3 is 0 Å². The summed E-state index contributed by atoms with van der Waals surface area (Å²) in [6, 6.07) is 14.8. The number of nitrogens with one attached hydrogen (secondary N) is 2. The molecule has 0 radical (unpaired) electrons. The van der Waals surface area contributed by atoms with Crippen LogP contribution in [0.3, 0.4) is 0 Å². The zero-order valence-corrected chi connectivity index (χ0v) is 16.5. The maximum Gasteiger partial charge on any atom is 0.251 e. The van der Waals surface area contributed by atoms with E-state index in [-0.39, 0.29) is 17.7 Å². The maximum atomic E-state index is 12.4. The summed E-state index contributed by atoms with van der Waals surface area (Å²) < 4.78 is 5.93. The number of amides is 2. The van der Waals surface area contributed by atoms with Crippen LogP contribution in [0.5, 0.6) is 5.75 Å². The second kappa shape index (κ2) is 9.40. The molecule has 0 aromatic heterocycles. The first-order valence-electron chi connectivity index (χ1n) is 9.96. The Morgan fingerprint density at radius 2 is 1.64 bits per heavy atom. The minimum Gasteiger partial charge on any atom is -0.490 e. The van der Waals surface area contributed by atoms with E-state index in [0.29, 0.717) is 18.2 Å². The van der Waals surface area contributed by atoms with Gasteiger partial charge in [0.1, 0.15) is 5.75 Å². The van der Waals surface area contributed by atoms with Gasteiger partial charge in [-0.3, -0.25) is 9.59 Å². The molecule has 1 aliphatic carbocycles. The van der Waals surface area contributed by atoms with Crippen molar-refractivity contribution in [2.24, 2.45) is 5.92 Å². The molecule has 0 aliphatic heterocycles. The molecule has 2 amide bonds. The fourth-order valence-corrected chi connectivity index (χ4v) is 3.16. The van der Waals surface area contributed by atoms with Crippen LogP contribution in [-0.2, 0) is 11.3 Å². The van der Waals surface area contributed by atoms with Crippen molar-refractivity contribution in [1.29, 1.82) is 0 Å². The Bertz CT molecular complexity index is 792. The number of hydrogen-bond acceptors (Lipinski definition) is 3. The summed E-state index contributed by atoms with van der Waals surface area (Å²) in [7, 11) is 0. The Hall–Kier alpha value is -2.82. The highest BCUT2D eigenvalue weighted by atomic mass is 16.5. The van der Waals surface area contributed by atoms with Crippen LogP contribution in [-0.4, -0.2) is 17.9 Å². The summed E-state index contributed by atoms with van der Waals surface area (Å²) in [5.74, 6) is 0.627. The quantitative estimate of drug-likeness (QED) is 0.741. The molecule has 0 spiro atoms. The topological polar surface area (TPSA) is 67.4 Å². The zero-order valence-electron chi connectivity index (χ0n) is 16.5. The lowest BCUT2D eigenvalue weighted by molar-refractivity contribution is -0.118. The van der Waals surface area contributed by atoms with E-state index in [2.05, 4.69) is 10.6 Å². The second-order valence-electron chi connectivity index (χ2n) is 7.57. The number of carbonyl (C=O) groups is 2. The summed E-state index contributed by atoms with van der Waals surface area (Å²) >= 11 is 0. The molecule has 5 nitrogen and oxygen atoms in total. The SMILES string of the molecule is CC(C)C(=O)Nc1ccc(CNC(=O)c2ccc(OC3CCCC3)cc2)cc1. The summed E-state index contributed by atoms with van der Waals surface area (Å²) in [6.07, 6.45) is 5.00. The van der Waals surface area contributed by atoms with E-state index in [1.54, 1.807) is 12.1 Å². The Labute approximate surface area is 166 Å². The molecule has 1 aliphatic rings. The Morgan fingerprint density at radius 1 is 1.00 bits per heavy atom. The molecule has 28 heavy (non-hydrogen) atoms. The van der Waals surface area contributed by atoms with Crippen molar-refractivity contribution in [3.63, 3.8) is 0 Å². The van der Waals surface area contributed by atoms with Gasteiger partial charge < -0.3 is 15.4 Å². The van der Waals surface area contributed by atoms with Gasteiger partial charge in [0.15, 0.2) is 0 Å². The molecule has 1 saturated carbocycles. The van der Waals surface area contributed by atoms with Gasteiger partial charge in [-0.25, -0.2) is 0 Å². The third-order valence-electron chi connectivity index (χ3n) is 4.92. The summed E-state index contributed by atoms with van der Waals surface area (Å²) in [4.78, 5) is 24.1. The van der Waals surface area contributed by atoms with Crippen molar-refractivity contribution < 1.29 is 14.3 Å². The molecule has 2 N–H and O–H groups in total. The van der Waals surface area contributed by atoms with E-state index in [1.807, 2.05) is 50.2 Å². The average molecular weight is 380 g/mol. The highest BCUT2D eigenvalue weighted by Gasteiger charge is 2.16. The smallest absolute Gasteiger partial charge is 0.251 e. The van der Waals surface area contributed by atoms with Crippen molar-refractivity contribution >= 4 is 17.5 Å². The third kappa shape index (κ3) is 5.59. The molecule has 0 bridgehead atoms. The average Bonchev–Trinajstić information content (AvgIpc) is 3.20. The predicted octanol–water partition coefficient (Wildman–Crippen LogP) is 4.53. The lowest BCUT2D eigenvalue weighted by Crippen LogP contribution is -2.22. The standard InChI is InChI=1S/C23H28N2O3/c1-16(2)22(26)25-19-11-7-17(8-12-19)15-24-23(27)18-9-13-21(14-10-18)28-20-5-3-4-6-20/h7-14,16,20H,3-6,15H2,1-2H3,(H,24,27)(H,25,26). The van der Waals surface area contributed by atoms with Crippen LogP contribution in [0.4, 0.5) is 5.69 Å². The van der Waals surface area contributed by atoms with Crippen LogP contribution < -0.4 is 15.4 Å². The largest absolute Gasteiger partial charge is 0.490 e. The van der Waals surface area contributed by atoms with E-state index in [0.717, 1.165) is 29.8 Å². The molecular formula is C23H28N2O3. The summed E-state index contributed by atoms with van der Waals surface area (Å²) in [5.41, 5.74) is 2.34. The molecule has 2 aromatic rings. The number of hydrogen-bond donors (Lipinski definition) is 2. The first kappa shape index (κ1) is 19.9. The van der Waals surface area contributed by atoms with Crippen LogP contribution >= 0.6 is 0 Å². The van der Waals surface area contributed by atoms with Crippen LogP contribution in [0.15, 0.2) is 48.5 Å². The zero-order chi connectivity index (χ0) is 19.9. The molecule has 0 atom stereocenters. The van der Waals surface area contributed by atoms with Crippen LogP contribution in [0, 0.1) is 5.92 Å². The van der Waals surface area contributed by atoms with E-state index in [1.165, 1.54) is 12.8 Å². The van der Waals surface area contributed by atoms with Gasteiger partial charge in [-0.2, -0.15) is 0 Å². The van der Waals surface area contributed by atoms with Crippen molar-refractivity contribution in [1.82, 2.24) is 5.32 Å². The number of carbonyl (C=O) groups excluding carboxylic acids is 2. The highest BCUT2D eigenvalue weighted by molar-refractivity contribution is 5.94. The van der Waals surface area contributed by atoms with E-state index < -0.39 is 0 Å². The van der Waals surface area contributed by atoms with Crippen molar-refractivity contribution in [3.8, 4) is 5.75 Å². The van der Waals surface area contributed by atoms with Gasteiger partial charge in [0.2, 0.25) is 5.91 Å². The highest BCUT2D eigenvalue weighted by Crippen LogP contribution is 2.24. The normalized spacial score (nSPS) is 14.1. The van der Waals surface area contributed by atoms with Crippen LogP contribution in [0.25, 0.3) is 0 Å². The molecule has 0 saturated heterocycles. The van der Waals surface area contributed by atoms with Gasteiger partial charge in [0, 0.05) is 23.7 Å². The summed E-state index contributed by atoms with van der Waals surface area (Å²) in [5, 5.41) is 5.77. The molecule has 1 fully saturated rings. The van der Waals surface area contributed by atoms with Crippen molar-refractivity contribution in [3.05, 3.63) is 59.7 Å². The predicted molar refractivity (Wildman–Crippen MR) is 110 cm³/mol. The molecule has 3 rings (SSSR count). The van der Waals surface area contributed by atoms with E-state index in [9.17, 15) is 9.59 Å². The molecule has 5 heteroatoms. The number of anilines is 1. The van der Waals surface area contributed by atoms with E-state index in [4.69, 9.17) is 4.74 Å². The van der Waals surface area contributed by atoms with Gasteiger partial charge in [-0.15, -0.1) is 0 Å². The summed E-state index contributed by atoms with van der Waals surface area (Å²) in [6.45, 7) is 4.14. The molecule has 0 unspecified atom stereocenters. The Morgan fingerprint density at radius 3 is 2.25 bits per heavy atom.